The summed E-state index contributed by atoms with van der Waals surface area (Å²) in [5.74, 6) is 0.947. The van der Waals surface area contributed by atoms with E-state index in [0.717, 1.165) is 25.1 Å². The lowest BCUT2D eigenvalue weighted by molar-refractivity contribution is -0.120. The molecule has 4 nitrogen and oxygen atoms in total. The summed E-state index contributed by atoms with van der Waals surface area (Å²) in [6, 6.07) is 0.180. The Kier molecular flexibility index (Phi) is 3.56. The molecule has 0 spiro atoms. The second kappa shape index (κ2) is 4.93. The molecule has 0 bridgehead atoms. The fourth-order valence-corrected chi connectivity index (χ4v) is 2.71. The summed E-state index contributed by atoms with van der Waals surface area (Å²) in [7, 11) is 1.85. The molecule has 2 heterocycles. The highest BCUT2D eigenvalue weighted by atomic mass is 32.1. The summed E-state index contributed by atoms with van der Waals surface area (Å²) >= 11 is 1.53. The van der Waals surface area contributed by atoms with Crippen LogP contribution >= 0.6 is 11.3 Å². The number of carbonyl (C=O) groups is 1. The van der Waals surface area contributed by atoms with Crippen molar-refractivity contribution in [3.63, 3.8) is 0 Å². The molecule has 88 valence electrons. The smallest absolute Gasteiger partial charge is 0.245 e. The van der Waals surface area contributed by atoms with Crippen LogP contribution in [0.3, 0.4) is 0 Å². The highest BCUT2D eigenvalue weighted by molar-refractivity contribution is 7.07. The molecule has 1 aromatic heterocycles. The van der Waals surface area contributed by atoms with Crippen LogP contribution in [0.5, 0.6) is 0 Å². The van der Waals surface area contributed by atoms with E-state index < -0.39 is 0 Å². The molecule has 1 N–H and O–H groups in total. The van der Waals surface area contributed by atoms with Gasteiger partial charge < -0.3 is 5.32 Å². The summed E-state index contributed by atoms with van der Waals surface area (Å²) < 4.78 is 0. The summed E-state index contributed by atoms with van der Waals surface area (Å²) in [6.07, 6.45) is 3.04. The van der Waals surface area contributed by atoms with E-state index in [1.165, 1.54) is 11.3 Å². The van der Waals surface area contributed by atoms with Gasteiger partial charge in [0.1, 0.15) is 5.82 Å². The molecule has 0 radical (unpaired) electrons. The molecule has 16 heavy (non-hydrogen) atoms. The maximum absolute atomic E-state index is 12.3. The Bertz CT molecular complexity index is 352. The van der Waals surface area contributed by atoms with Gasteiger partial charge in [-0.25, -0.2) is 4.98 Å². The van der Waals surface area contributed by atoms with Gasteiger partial charge in [-0.05, 0) is 33.2 Å². The molecule has 1 aliphatic heterocycles. The molecule has 2 rings (SSSR count). The van der Waals surface area contributed by atoms with Gasteiger partial charge in [0.25, 0.3) is 0 Å². The van der Waals surface area contributed by atoms with Crippen LogP contribution in [0, 0.1) is 0 Å². The number of thiazole rings is 1. The van der Waals surface area contributed by atoms with E-state index in [0.29, 0.717) is 0 Å². The zero-order valence-corrected chi connectivity index (χ0v) is 10.5. The van der Waals surface area contributed by atoms with Gasteiger partial charge in [-0.3, -0.25) is 9.69 Å². The summed E-state index contributed by atoms with van der Waals surface area (Å²) in [5.41, 5.74) is 1.77. The molecule has 2 atom stereocenters. The lowest BCUT2D eigenvalue weighted by Gasteiger charge is -2.27. The molecule has 1 saturated heterocycles. The highest BCUT2D eigenvalue weighted by Crippen LogP contribution is 2.24. The molecule has 0 aromatic carbocycles. The van der Waals surface area contributed by atoms with Crippen LogP contribution in [0.2, 0.25) is 0 Å². The number of likely N-dealkylation sites (N-methyl/N-ethyl adjacent to an activating group) is 1. The Morgan fingerprint density at radius 1 is 1.56 bits per heavy atom. The number of hydrogen-bond acceptors (Lipinski definition) is 4. The van der Waals surface area contributed by atoms with Gasteiger partial charge in [-0.2, -0.15) is 0 Å². The van der Waals surface area contributed by atoms with E-state index in [4.69, 9.17) is 0 Å². The first-order valence-electron chi connectivity index (χ1n) is 5.62. The monoisotopic (exact) mass is 239 g/mol. The molecular formula is C11H17N3OS. The van der Waals surface area contributed by atoms with Crippen LogP contribution in [0.1, 0.15) is 26.2 Å². The fourth-order valence-electron chi connectivity index (χ4n) is 2.19. The van der Waals surface area contributed by atoms with Crippen molar-refractivity contribution in [2.45, 2.75) is 38.3 Å². The Labute approximate surface area is 99.7 Å². The first-order chi connectivity index (χ1) is 7.74. The Hall–Kier alpha value is -0.940. The van der Waals surface area contributed by atoms with E-state index in [9.17, 15) is 4.79 Å². The summed E-state index contributed by atoms with van der Waals surface area (Å²) in [5, 5.41) is 5.03. The van der Waals surface area contributed by atoms with E-state index >= 15 is 0 Å². The fraction of sp³-hybridized carbons (Fsp3) is 0.636. The third kappa shape index (κ3) is 2.10. The largest absolute Gasteiger partial charge is 0.309 e. The van der Waals surface area contributed by atoms with Crippen LogP contribution in [0.25, 0.3) is 0 Å². The molecule has 1 fully saturated rings. The number of carbonyl (C=O) groups excluding carboxylic acids is 1. The average Bonchev–Trinajstić information content (AvgIpc) is 2.73. The first kappa shape index (κ1) is 11.5. The topological polar surface area (TPSA) is 45.2 Å². The van der Waals surface area contributed by atoms with Crippen molar-refractivity contribution in [2.24, 2.45) is 0 Å². The van der Waals surface area contributed by atoms with Crippen molar-refractivity contribution in [1.82, 2.24) is 10.3 Å². The molecule has 1 amide bonds. The first-order valence-corrected chi connectivity index (χ1v) is 6.57. The second-order valence-electron chi connectivity index (χ2n) is 4.18. The molecule has 0 saturated carbocycles. The second-order valence-corrected chi connectivity index (χ2v) is 4.89. The van der Waals surface area contributed by atoms with Crippen molar-refractivity contribution in [3.8, 4) is 0 Å². The Morgan fingerprint density at radius 2 is 2.38 bits per heavy atom. The number of aromatic nitrogens is 1. The minimum Gasteiger partial charge on any atom is -0.309 e. The van der Waals surface area contributed by atoms with Crippen molar-refractivity contribution in [1.29, 1.82) is 0 Å². The summed E-state index contributed by atoms with van der Waals surface area (Å²) in [4.78, 5) is 18.4. The zero-order chi connectivity index (χ0) is 11.5. The summed E-state index contributed by atoms with van der Waals surface area (Å²) in [6.45, 7) is 2.09. The maximum atomic E-state index is 12.3. The van der Waals surface area contributed by atoms with E-state index in [2.05, 4.69) is 17.2 Å². The highest BCUT2D eigenvalue weighted by Gasteiger charge is 2.31. The minimum atomic E-state index is -0.0633. The van der Waals surface area contributed by atoms with Crippen molar-refractivity contribution < 1.29 is 4.79 Å². The molecule has 1 aliphatic rings. The number of amides is 1. The van der Waals surface area contributed by atoms with Gasteiger partial charge in [0.15, 0.2) is 0 Å². The quantitative estimate of drug-likeness (QED) is 0.853. The standard InChI is InChI=1S/C11H17N3OS/c1-8-4-3-5-9(12-2)11(15)14(8)10-6-16-7-13-10/h6-9,12H,3-5H2,1-2H3. The van der Waals surface area contributed by atoms with E-state index in [-0.39, 0.29) is 18.0 Å². The van der Waals surface area contributed by atoms with Crippen molar-refractivity contribution >= 4 is 23.1 Å². The zero-order valence-electron chi connectivity index (χ0n) is 9.64. The number of anilines is 1. The van der Waals surface area contributed by atoms with E-state index in [1.807, 2.05) is 17.3 Å². The Balaban J connectivity index is 2.27. The lowest BCUT2D eigenvalue weighted by Crippen LogP contribution is -2.47. The third-order valence-corrected chi connectivity index (χ3v) is 3.68. The number of rotatable bonds is 2. The molecule has 0 aliphatic carbocycles. The van der Waals surface area contributed by atoms with Crippen LogP contribution in [0.4, 0.5) is 5.82 Å². The van der Waals surface area contributed by atoms with Gasteiger partial charge in [-0.1, -0.05) is 0 Å². The van der Waals surface area contributed by atoms with Crippen molar-refractivity contribution in [3.05, 3.63) is 10.9 Å². The molecule has 2 unspecified atom stereocenters. The molecule has 1 aromatic rings. The molecule has 5 heteroatoms. The SMILES string of the molecule is CNC1CCCC(C)N(c2cscn2)C1=O. The molecular weight excluding hydrogens is 222 g/mol. The number of nitrogens with zero attached hydrogens (tertiary/aromatic N) is 2. The van der Waals surface area contributed by atoms with Crippen LogP contribution in [-0.2, 0) is 4.79 Å². The van der Waals surface area contributed by atoms with Crippen LogP contribution < -0.4 is 10.2 Å². The average molecular weight is 239 g/mol. The van der Waals surface area contributed by atoms with Gasteiger partial charge in [-0.15, -0.1) is 11.3 Å². The van der Waals surface area contributed by atoms with Crippen LogP contribution in [-0.4, -0.2) is 30.0 Å². The van der Waals surface area contributed by atoms with Gasteiger partial charge in [0.05, 0.1) is 11.6 Å². The number of nitrogens with one attached hydrogen (secondary N) is 1. The predicted octanol–water partition coefficient (Wildman–Crippen LogP) is 1.64. The van der Waals surface area contributed by atoms with Crippen LogP contribution in [0.15, 0.2) is 10.9 Å². The third-order valence-electron chi connectivity index (χ3n) is 3.11. The lowest BCUT2D eigenvalue weighted by atomic mass is 10.1. The van der Waals surface area contributed by atoms with Gasteiger partial charge in [0.2, 0.25) is 5.91 Å². The number of hydrogen-bond donors (Lipinski definition) is 1. The predicted molar refractivity (Wildman–Crippen MR) is 65.8 cm³/mol. The van der Waals surface area contributed by atoms with Gasteiger partial charge in [0, 0.05) is 11.4 Å². The van der Waals surface area contributed by atoms with E-state index in [1.54, 1.807) is 5.51 Å². The van der Waals surface area contributed by atoms with Gasteiger partial charge >= 0.3 is 0 Å². The minimum absolute atomic E-state index is 0.0633. The Morgan fingerprint density at radius 3 is 3.00 bits per heavy atom. The normalized spacial score (nSPS) is 26.9. The maximum Gasteiger partial charge on any atom is 0.245 e. The van der Waals surface area contributed by atoms with Crippen molar-refractivity contribution in [2.75, 3.05) is 11.9 Å².